The van der Waals surface area contributed by atoms with Crippen molar-refractivity contribution in [2.45, 2.75) is 45.1 Å². The highest BCUT2D eigenvalue weighted by Gasteiger charge is 2.16. The number of rotatable bonds is 10. The molecule has 1 aliphatic rings. The summed E-state index contributed by atoms with van der Waals surface area (Å²) >= 11 is 5.25. The van der Waals surface area contributed by atoms with Gasteiger partial charge in [0.1, 0.15) is 5.75 Å². The van der Waals surface area contributed by atoms with E-state index in [1.807, 2.05) is 0 Å². The molecule has 8 heteroatoms. The highest BCUT2D eigenvalue weighted by molar-refractivity contribution is 7.80. The molecule has 3 N–H and O–H groups in total. The molecule has 0 bridgehead atoms. The number of unbranched alkanes of at least 4 members (excludes halogenated alkanes) is 2. The average molecular weight is 470 g/mol. The van der Waals surface area contributed by atoms with Gasteiger partial charge in [-0.2, -0.15) is 0 Å². The summed E-state index contributed by atoms with van der Waals surface area (Å²) in [5.41, 5.74) is 1.70. The predicted octanol–water partition coefficient (Wildman–Crippen LogP) is 4.29. The van der Waals surface area contributed by atoms with E-state index in [0.717, 1.165) is 44.5 Å². The van der Waals surface area contributed by atoms with Gasteiger partial charge >= 0.3 is 0 Å². The standard InChI is InChI=1S/C25H31N3O4S/c1-2-3-4-15-31-21-13-9-19(10-14-21)24(30)28-25(33)27-20-11-7-18(8-12-20)23(29)26-17-22-6-5-16-32-22/h7-14,22H,2-6,15-17H2,1H3,(H,26,29)(H2,27,28,30,33). The Hall–Kier alpha value is -2.97. The van der Waals surface area contributed by atoms with Crippen LogP contribution >= 0.6 is 12.2 Å². The molecular formula is C25H31N3O4S. The molecule has 1 saturated heterocycles. The molecule has 1 atom stereocenters. The molecule has 1 fully saturated rings. The number of anilines is 1. The van der Waals surface area contributed by atoms with Crippen molar-refractivity contribution in [1.82, 2.24) is 10.6 Å². The van der Waals surface area contributed by atoms with Crippen LogP contribution in [0.15, 0.2) is 48.5 Å². The summed E-state index contributed by atoms with van der Waals surface area (Å²) in [6, 6.07) is 13.9. The van der Waals surface area contributed by atoms with Crippen LogP contribution in [-0.4, -0.2) is 42.8 Å². The molecular weight excluding hydrogens is 438 g/mol. The fraction of sp³-hybridized carbons (Fsp3) is 0.400. The lowest BCUT2D eigenvalue weighted by Gasteiger charge is -2.12. The van der Waals surface area contributed by atoms with Crippen LogP contribution in [0.3, 0.4) is 0 Å². The molecule has 1 aliphatic heterocycles. The average Bonchev–Trinajstić information content (AvgIpc) is 3.35. The summed E-state index contributed by atoms with van der Waals surface area (Å²) in [6.45, 7) is 4.09. The maximum absolute atomic E-state index is 12.4. The third-order valence-electron chi connectivity index (χ3n) is 5.28. The van der Waals surface area contributed by atoms with Crippen molar-refractivity contribution in [3.05, 3.63) is 59.7 Å². The van der Waals surface area contributed by atoms with E-state index in [9.17, 15) is 9.59 Å². The normalized spacial score (nSPS) is 15.0. The number of thiocarbonyl (C=S) groups is 1. The molecule has 2 aromatic rings. The van der Waals surface area contributed by atoms with Gasteiger partial charge in [-0.3, -0.25) is 14.9 Å². The molecule has 33 heavy (non-hydrogen) atoms. The zero-order valence-electron chi connectivity index (χ0n) is 18.9. The van der Waals surface area contributed by atoms with Gasteiger partial charge in [0.25, 0.3) is 11.8 Å². The number of nitrogens with one attached hydrogen (secondary N) is 3. The van der Waals surface area contributed by atoms with Gasteiger partial charge in [-0.15, -0.1) is 0 Å². The molecule has 2 amide bonds. The van der Waals surface area contributed by atoms with Gasteiger partial charge in [-0.05, 0) is 80.0 Å². The Morgan fingerprint density at radius 1 is 1.03 bits per heavy atom. The first-order chi connectivity index (χ1) is 16.0. The second-order valence-corrected chi connectivity index (χ2v) is 8.32. The van der Waals surface area contributed by atoms with Crippen LogP contribution in [0.25, 0.3) is 0 Å². The Labute approximate surface area is 200 Å². The van der Waals surface area contributed by atoms with Gasteiger partial charge in [0, 0.05) is 30.0 Å². The number of hydrogen-bond acceptors (Lipinski definition) is 5. The van der Waals surface area contributed by atoms with Gasteiger partial charge < -0.3 is 20.1 Å². The second-order valence-electron chi connectivity index (χ2n) is 7.91. The minimum atomic E-state index is -0.310. The minimum absolute atomic E-state index is 0.102. The third kappa shape index (κ3) is 8.14. The van der Waals surface area contributed by atoms with E-state index in [1.165, 1.54) is 0 Å². The van der Waals surface area contributed by atoms with Crippen LogP contribution in [-0.2, 0) is 4.74 Å². The van der Waals surface area contributed by atoms with Gasteiger partial charge in [0.15, 0.2) is 5.11 Å². The largest absolute Gasteiger partial charge is 0.494 e. The monoisotopic (exact) mass is 469 g/mol. The van der Waals surface area contributed by atoms with Crippen LogP contribution < -0.4 is 20.7 Å². The van der Waals surface area contributed by atoms with Gasteiger partial charge in [0.2, 0.25) is 0 Å². The van der Waals surface area contributed by atoms with E-state index in [2.05, 4.69) is 22.9 Å². The van der Waals surface area contributed by atoms with E-state index in [0.29, 0.717) is 30.0 Å². The zero-order valence-corrected chi connectivity index (χ0v) is 19.7. The quantitative estimate of drug-likeness (QED) is 0.355. The molecule has 176 valence electrons. The maximum atomic E-state index is 12.4. The van der Waals surface area contributed by atoms with Gasteiger partial charge in [0.05, 0.1) is 12.7 Å². The molecule has 7 nitrogen and oxygen atoms in total. The van der Waals surface area contributed by atoms with Crippen LogP contribution in [0, 0.1) is 0 Å². The molecule has 3 rings (SSSR count). The first-order valence-electron chi connectivity index (χ1n) is 11.4. The predicted molar refractivity (Wildman–Crippen MR) is 133 cm³/mol. The Morgan fingerprint density at radius 3 is 2.39 bits per heavy atom. The zero-order chi connectivity index (χ0) is 23.5. The smallest absolute Gasteiger partial charge is 0.257 e. The first kappa shape index (κ1) is 24.7. The van der Waals surface area contributed by atoms with Crippen molar-refractivity contribution < 1.29 is 19.1 Å². The highest BCUT2D eigenvalue weighted by atomic mass is 32.1. The van der Waals surface area contributed by atoms with Crippen molar-refractivity contribution >= 4 is 34.8 Å². The second kappa shape index (κ2) is 12.9. The highest BCUT2D eigenvalue weighted by Crippen LogP contribution is 2.14. The van der Waals surface area contributed by atoms with Crippen molar-refractivity contribution in [3.8, 4) is 5.75 Å². The third-order valence-corrected chi connectivity index (χ3v) is 5.48. The molecule has 0 aromatic heterocycles. The van der Waals surface area contributed by atoms with Crippen molar-refractivity contribution in [1.29, 1.82) is 0 Å². The number of benzene rings is 2. The summed E-state index contributed by atoms with van der Waals surface area (Å²) in [6.07, 6.45) is 5.41. The summed E-state index contributed by atoms with van der Waals surface area (Å²) in [4.78, 5) is 24.7. The lowest BCUT2D eigenvalue weighted by atomic mass is 10.2. The summed E-state index contributed by atoms with van der Waals surface area (Å²) in [5.74, 6) is 0.282. The molecule has 2 aromatic carbocycles. The van der Waals surface area contributed by atoms with Gasteiger partial charge in [-0.1, -0.05) is 19.8 Å². The molecule has 1 heterocycles. The molecule has 1 unspecified atom stereocenters. The lowest BCUT2D eigenvalue weighted by molar-refractivity contribution is 0.0857. The summed E-state index contributed by atoms with van der Waals surface area (Å²) in [7, 11) is 0. The maximum Gasteiger partial charge on any atom is 0.257 e. The minimum Gasteiger partial charge on any atom is -0.494 e. The van der Waals surface area contributed by atoms with Crippen LogP contribution in [0.1, 0.15) is 59.7 Å². The Morgan fingerprint density at radius 2 is 1.73 bits per heavy atom. The van der Waals surface area contributed by atoms with E-state index < -0.39 is 0 Å². The summed E-state index contributed by atoms with van der Waals surface area (Å²) in [5, 5.41) is 8.69. The molecule has 0 spiro atoms. The van der Waals surface area contributed by atoms with Crippen molar-refractivity contribution in [2.24, 2.45) is 0 Å². The Kier molecular flexibility index (Phi) is 9.65. The molecule has 0 aliphatic carbocycles. The number of hydrogen-bond donors (Lipinski definition) is 3. The Bertz CT molecular complexity index is 926. The van der Waals surface area contributed by atoms with Crippen molar-refractivity contribution in [2.75, 3.05) is 25.1 Å². The summed E-state index contributed by atoms with van der Waals surface area (Å²) < 4.78 is 11.2. The van der Waals surface area contributed by atoms with E-state index >= 15 is 0 Å². The molecule has 0 radical (unpaired) electrons. The van der Waals surface area contributed by atoms with Crippen LogP contribution in [0.2, 0.25) is 0 Å². The number of ether oxygens (including phenoxy) is 2. The van der Waals surface area contributed by atoms with E-state index in [1.54, 1.807) is 48.5 Å². The van der Waals surface area contributed by atoms with Crippen molar-refractivity contribution in [3.63, 3.8) is 0 Å². The number of amides is 2. The number of carbonyl (C=O) groups is 2. The molecule has 0 saturated carbocycles. The van der Waals surface area contributed by atoms with E-state index in [4.69, 9.17) is 21.7 Å². The SMILES string of the molecule is CCCCCOc1ccc(C(=O)NC(=S)Nc2ccc(C(=O)NCC3CCCO3)cc2)cc1. The fourth-order valence-electron chi connectivity index (χ4n) is 3.40. The van der Waals surface area contributed by atoms with Crippen LogP contribution in [0.5, 0.6) is 5.75 Å². The first-order valence-corrected chi connectivity index (χ1v) is 11.8. The number of carbonyl (C=O) groups excluding carboxylic acids is 2. The van der Waals surface area contributed by atoms with Crippen LogP contribution in [0.4, 0.5) is 5.69 Å². The Balaban J connectivity index is 1.43. The topological polar surface area (TPSA) is 88.7 Å². The van der Waals surface area contributed by atoms with E-state index in [-0.39, 0.29) is 23.0 Å². The lowest BCUT2D eigenvalue weighted by Crippen LogP contribution is -2.34. The van der Waals surface area contributed by atoms with Gasteiger partial charge in [-0.25, -0.2) is 0 Å². The fourth-order valence-corrected chi connectivity index (χ4v) is 3.61.